The molecule has 2 aliphatic rings. The van der Waals surface area contributed by atoms with Crippen molar-refractivity contribution < 1.29 is 0 Å². The highest BCUT2D eigenvalue weighted by atomic mass is 14.8. The van der Waals surface area contributed by atoms with Gasteiger partial charge in [-0.2, -0.15) is 0 Å². The first-order valence-electron chi connectivity index (χ1n) is 7.45. The Labute approximate surface area is 114 Å². The van der Waals surface area contributed by atoms with Crippen molar-refractivity contribution in [1.82, 2.24) is 4.98 Å². The van der Waals surface area contributed by atoms with Crippen LogP contribution in [0.2, 0.25) is 0 Å². The fourth-order valence-corrected chi connectivity index (χ4v) is 4.18. The molecule has 2 heteroatoms. The van der Waals surface area contributed by atoms with E-state index in [9.17, 15) is 0 Å². The van der Waals surface area contributed by atoms with Crippen molar-refractivity contribution in [3.8, 4) is 0 Å². The summed E-state index contributed by atoms with van der Waals surface area (Å²) < 4.78 is 0. The largest absolute Gasteiger partial charge is 0.324 e. The standard InChI is InChI=1S/C17H20N2/c18-16(15-12-7-1-2-8-13(12)15)14-9-3-5-11-6-4-10-19-17(11)14/h3-6,9-10,12-13,15-16H,1-2,7-8,18H2. The van der Waals surface area contributed by atoms with Crippen LogP contribution in [0.5, 0.6) is 0 Å². The van der Waals surface area contributed by atoms with Crippen LogP contribution in [0.15, 0.2) is 36.5 Å². The van der Waals surface area contributed by atoms with Gasteiger partial charge >= 0.3 is 0 Å². The van der Waals surface area contributed by atoms with Crippen molar-refractivity contribution >= 4 is 10.9 Å². The number of nitrogens with zero attached hydrogens (tertiary/aromatic N) is 1. The summed E-state index contributed by atoms with van der Waals surface area (Å²) >= 11 is 0. The van der Waals surface area contributed by atoms with E-state index in [4.69, 9.17) is 5.73 Å². The van der Waals surface area contributed by atoms with E-state index in [1.54, 1.807) is 0 Å². The second-order valence-electron chi connectivity index (χ2n) is 6.14. The molecule has 4 rings (SSSR count). The molecule has 19 heavy (non-hydrogen) atoms. The number of aromatic nitrogens is 1. The first-order chi connectivity index (χ1) is 9.36. The lowest BCUT2D eigenvalue weighted by Crippen LogP contribution is -2.15. The lowest BCUT2D eigenvalue weighted by atomic mass is 9.98. The minimum Gasteiger partial charge on any atom is -0.324 e. The van der Waals surface area contributed by atoms with Gasteiger partial charge in [-0.1, -0.05) is 37.1 Å². The van der Waals surface area contributed by atoms with Crippen LogP contribution in [0.3, 0.4) is 0 Å². The Hall–Kier alpha value is -1.41. The summed E-state index contributed by atoms with van der Waals surface area (Å²) in [6.45, 7) is 0. The Kier molecular flexibility index (Phi) is 2.59. The van der Waals surface area contributed by atoms with Crippen LogP contribution in [-0.2, 0) is 0 Å². The molecular formula is C17H20N2. The van der Waals surface area contributed by atoms with Gasteiger partial charge in [0.25, 0.3) is 0 Å². The molecule has 2 N–H and O–H groups in total. The molecule has 0 bridgehead atoms. The first kappa shape index (κ1) is 11.4. The molecule has 0 spiro atoms. The van der Waals surface area contributed by atoms with Gasteiger partial charge in [-0.05, 0) is 42.2 Å². The molecule has 0 saturated heterocycles. The van der Waals surface area contributed by atoms with E-state index in [1.807, 2.05) is 12.3 Å². The van der Waals surface area contributed by atoms with Crippen LogP contribution in [0.25, 0.3) is 10.9 Å². The second-order valence-corrected chi connectivity index (χ2v) is 6.14. The minimum absolute atomic E-state index is 0.173. The third kappa shape index (κ3) is 1.78. The van der Waals surface area contributed by atoms with Crippen molar-refractivity contribution in [1.29, 1.82) is 0 Å². The summed E-state index contributed by atoms with van der Waals surface area (Å²) in [6, 6.07) is 10.7. The molecule has 98 valence electrons. The number of para-hydroxylation sites is 1. The minimum atomic E-state index is 0.173. The number of pyridine rings is 1. The second kappa shape index (κ2) is 4.31. The molecule has 0 amide bonds. The van der Waals surface area contributed by atoms with Gasteiger partial charge in [-0.3, -0.25) is 4.98 Å². The number of nitrogens with two attached hydrogens (primary N) is 1. The van der Waals surface area contributed by atoms with Gasteiger partial charge in [0.05, 0.1) is 5.52 Å². The monoisotopic (exact) mass is 252 g/mol. The maximum Gasteiger partial charge on any atom is 0.0749 e. The number of fused-ring (bicyclic) bond motifs is 2. The highest BCUT2D eigenvalue weighted by molar-refractivity contribution is 5.82. The third-order valence-electron chi connectivity index (χ3n) is 5.16. The highest BCUT2D eigenvalue weighted by Crippen LogP contribution is 2.60. The van der Waals surface area contributed by atoms with Crippen LogP contribution < -0.4 is 5.73 Å². The molecular weight excluding hydrogens is 232 g/mol. The molecule has 2 aliphatic carbocycles. The van der Waals surface area contributed by atoms with Gasteiger partial charge in [-0.25, -0.2) is 0 Å². The van der Waals surface area contributed by atoms with Crippen LogP contribution in [0.4, 0.5) is 0 Å². The van der Waals surface area contributed by atoms with Gasteiger partial charge in [0.2, 0.25) is 0 Å². The Morgan fingerprint density at radius 1 is 1.05 bits per heavy atom. The predicted molar refractivity (Wildman–Crippen MR) is 77.6 cm³/mol. The van der Waals surface area contributed by atoms with Gasteiger partial charge in [-0.15, -0.1) is 0 Å². The Morgan fingerprint density at radius 2 is 1.79 bits per heavy atom. The molecule has 1 heterocycles. The average molecular weight is 252 g/mol. The van der Waals surface area contributed by atoms with Crippen LogP contribution in [0, 0.1) is 17.8 Å². The quantitative estimate of drug-likeness (QED) is 0.885. The summed E-state index contributed by atoms with van der Waals surface area (Å²) in [6.07, 6.45) is 7.46. The zero-order valence-electron chi connectivity index (χ0n) is 11.1. The van der Waals surface area contributed by atoms with Gasteiger partial charge in [0.15, 0.2) is 0 Å². The van der Waals surface area contributed by atoms with Crippen molar-refractivity contribution in [2.45, 2.75) is 31.7 Å². The number of benzene rings is 1. The number of hydrogen-bond acceptors (Lipinski definition) is 2. The van der Waals surface area contributed by atoms with Crippen molar-refractivity contribution in [2.75, 3.05) is 0 Å². The molecule has 2 fully saturated rings. The fourth-order valence-electron chi connectivity index (χ4n) is 4.18. The van der Waals surface area contributed by atoms with E-state index in [2.05, 4.69) is 29.2 Å². The normalized spacial score (nSPS) is 30.9. The Bertz CT molecular complexity index is 590. The molecule has 3 unspecified atom stereocenters. The maximum absolute atomic E-state index is 6.59. The van der Waals surface area contributed by atoms with Crippen LogP contribution in [0.1, 0.15) is 37.3 Å². The number of hydrogen-bond donors (Lipinski definition) is 1. The van der Waals surface area contributed by atoms with E-state index in [0.717, 1.165) is 17.4 Å². The van der Waals surface area contributed by atoms with E-state index in [1.165, 1.54) is 36.6 Å². The van der Waals surface area contributed by atoms with Gasteiger partial charge < -0.3 is 5.73 Å². The highest BCUT2D eigenvalue weighted by Gasteiger charge is 2.53. The number of rotatable bonds is 2. The SMILES string of the molecule is NC(c1cccc2cccnc12)C1C2CCCCC21. The zero-order valence-corrected chi connectivity index (χ0v) is 11.1. The molecule has 2 aromatic rings. The van der Waals surface area contributed by atoms with Crippen LogP contribution in [-0.4, -0.2) is 4.98 Å². The summed E-state index contributed by atoms with van der Waals surface area (Å²) in [5.74, 6) is 2.49. The first-order valence-corrected chi connectivity index (χ1v) is 7.45. The third-order valence-corrected chi connectivity index (χ3v) is 5.16. The Morgan fingerprint density at radius 3 is 2.58 bits per heavy atom. The van der Waals surface area contributed by atoms with Crippen molar-refractivity contribution in [3.63, 3.8) is 0 Å². The summed E-state index contributed by atoms with van der Waals surface area (Å²) in [7, 11) is 0. The topological polar surface area (TPSA) is 38.9 Å². The van der Waals surface area contributed by atoms with E-state index < -0.39 is 0 Å². The van der Waals surface area contributed by atoms with Crippen molar-refractivity contribution in [3.05, 3.63) is 42.1 Å². The summed E-state index contributed by atoms with van der Waals surface area (Å²) in [5.41, 5.74) is 8.93. The lowest BCUT2D eigenvalue weighted by Gasteiger charge is -2.14. The molecule has 2 saturated carbocycles. The van der Waals surface area contributed by atoms with E-state index >= 15 is 0 Å². The van der Waals surface area contributed by atoms with Gasteiger partial charge in [0, 0.05) is 17.6 Å². The maximum atomic E-state index is 6.59. The van der Waals surface area contributed by atoms with E-state index in [0.29, 0.717) is 5.92 Å². The summed E-state index contributed by atoms with van der Waals surface area (Å²) in [5, 5.41) is 1.21. The molecule has 0 aliphatic heterocycles. The smallest absolute Gasteiger partial charge is 0.0749 e. The predicted octanol–water partition coefficient (Wildman–Crippen LogP) is 3.67. The summed E-state index contributed by atoms with van der Waals surface area (Å²) in [4.78, 5) is 4.55. The molecule has 1 aromatic heterocycles. The molecule has 1 aromatic carbocycles. The molecule has 2 nitrogen and oxygen atoms in total. The van der Waals surface area contributed by atoms with E-state index in [-0.39, 0.29) is 6.04 Å². The molecule has 3 atom stereocenters. The van der Waals surface area contributed by atoms with Gasteiger partial charge in [0.1, 0.15) is 0 Å². The molecule has 0 radical (unpaired) electrons. The fraction of sp³-hybridized carbons (Fsp3) is 0.471. The lowest BCUT2D eigenvalue weighted by molar-refractivity contribution is 0.480. The van der Waals surface area contributed by atoms with Crippen LogP contribution >= 0.6 is 0 Å². The Balaban J connectivity index is 1.71. The zero-order chi connectivity index (χ0) is 12.8. The van der Waals surface area contributed by atoms with Crippen molar-refractivity contribution in [2.24, 2.45) is 23.5 Å². The average Bonchev–Trinajstić information content (AvgIpc) is 3.20.